The Bertz CT molecular complexity index is 674. The van der Waals surface area contributed by atoms with Crippen molar-refractivity contribution in [3.8, 4) is 12.1 Å². The summed E-state index contributed by atoms with van der Waals surface area (Å²) < 4.78 is 35.7. The number of rotatable bonds is 2. The Morgan fingerprint density at radius 1 is 0.781 bits per heavy atom. The van der Waals surface area contributed by atoms with Crippen molar-refractivity contribution in [2.45, 2.75) is 103 Å². The van der Waals surface area contributed by atoms with Gasteiger partial charge in [-0.05, 0) is 67.2 Å². The van der Waals surface area contributed by atoms with Gasteiger partial charge in [-0.1, -0.05) is 0 Å². The van der Waals surface area contributed by atoms with Crippen molar-refractivity contribution in [3.63, 3.8) is 0 Å². The quantitative estimate of drug-likeness (QED) is 0.606. The predicted octanol–water partition coefficient (Wildman–Crippen LogP) is 4.50. The maximum Gasteiger partial charge on any atom is 0.411 e. The van der Waals surface area contributed by atoms with Crippen molar-refractivity contribution in [2.75, 3.05) is 13.3 Å². The second-order valence-corrected chi connectivity index (χ2v) is 9.84. The molecule has 2 fully saturated rings. The molecule has 0 aromatic rings. The zero-order valence-corrected chi connectivity index (χ0v) is 19.7. The van der Waals surface area contributed by atoms with Gasteiger partial charge in [0.2, 0.25) is 0 Å². The number of halogens is 2. The van der Waals surface area contributed by atoms with Crippen molar-refractivity contribution in [1.82, 2.24) is 9.80 Å². The van der Waals surface area contributed by atoms with Crippen molar-refractivity contribution in [2.24, 2.45) is 0 Å². The molecule has 2 aliphatic rings. The molecule has 2 amide bonds. The molecule has 0 radical (unpaired) electrons. The molecule has 0 aromatic heterocycles. The van der Waals surface area contributed by atoms with Gasteiger partial charge in [0.1, 0.15) is 36.6 Å². The summed E-state index contributed by atoms with van der Waals surface area (Å²) in [5, 5.41) is 17.8. The van der Waals surface area contributed by atoms with E-state index in [-0.39, 0.29) is 0 Å². The van der Waals surface area contributed by atoms with Gasteiger partial charge in [-0.2, -0.15) is 10.5 Å². The van der Waals surface area contributed by atoms with E-state index in [1.807, 2.05) is 12.1 Å². The van der Waals surface area contributed by atoms with Crippen LogP contribution in [0.25, 0.3) is 0 Å². The monoisotopic (exact) mass is 456 g/mol. The fourth-order valence-corrected chi connectivity index (χ4v) is 3.50. The minimum absolute atomic E-state index is 0.514. The number of hydrogen-bond acceptors (Lipinski definition) is 6. The third kappa shape index (κ3) is 7.81. The number of likely N-dealkylation sites (tertiary alicyclic amines) is 2. The lowest BCUT2D eigenvalue weighted by molar-refractivity contribution is 0.0154. The van der Waals surface area contributed by atoms with Gasteiger partial charge in [-0.25, -0.2) is 18.4 Å². The Kier molecular flexibility index (Phi) is 9.69. The summed E-state index contributed by atoms with van der Waals surface area (Å²) in [6.07, 6.45) is 0.884. The van der Waals surface area contributed by atoms with Gasteiger partial charge in [0, 0.05) is 0 Å². The van der Waals surface area contributed by atoms with Crippen LogP contribution in [-0.2, 0) is 9.47 Å². The molecule has 2 heterocycles. The highest BCUT2D eigenvalue weighted by atomic mass is 19.1. The summed E-state index contributed by atoms with van der Waals surface area (Å²) in [5.41, 5.74) is -1.25. The summed E-state index contributed by atoms with van der Waals surface area (Å²) in [5.74, 6) is 0. The highest BCUT2D eigenvalue weighted by Gasteiger charge is 2.40. The molecule has 2 saturated heterocycles. The standard InChI is InChI=1S/2C11H17FN2O2/c2*1-11(2,3)16-10(15)14-8(6-12)4-5-9(14)7-13/h2*8-9H,4-6H2,1-3H3/t8-,9+;8-,9-/m11/s1. The number of ether oxygens (including phenoxy) is 2. The topological polar surface area (TPSA) is 107 Å². The molecule has 0 aromatic carbocycles. The first kappa shape index (κ1) is 27.4. The van der Waals surface area contributed by atoms with E-state index in [2.05, 4.69) is 0 Å². The van der Waals surface area contributed by atoms with E-state index in [4.69, 9.17) is 20.0 Å². The maximum absolute atomic E-state index is 12.7. The average Bonchev–Trinajstić information content (AvgIpc) is 3.28. The van der Waals surface area contributed by atoms with Gasteiger partial charge in [-0.3, -0.25) is 9.80 Å². The van der Waals surface area contributed by atoms with Crippen molar-refractivity contribution < 1.29 is 27.8 Å². The van der Waals surface area contributed by atoms with E-state index in [1.54, 1.807) is 41.5 Å². The molecule has 180 valence electrons. The summed E-state index contributed by atoms with van der Waals surface area (Å²) in [7, 11) is 0. The highest BCUT2D eigenvalue weighted by Crippen LogP contribution is 2.27. The fraction of sp³-hybridized carbons (Fsp3) is 0.818. The first-order chi connectivity index (χ1) is 14.8. The minimum Gasteiger partial charge on any atom is -0.444 e. The average molecular weight is 457 g/mol. The Hall–Kier alpha value is -2.62. The minimum atomic E-state index is -0.628. The number of amides is 2. The Morgan fingerprint density at radius 3 is 1.31 bits per heavy atom. The smallest absolute Gasteiger partial charge is 0.411 e. The van der Waals surface area contributed by atoms with E-state index in [1.165, 1.54) is 9.80 Å². The summed E-state index contributed by atoms with van der Waals surface area (Å²) in [6.45, 7) is 9.20. The van der Waals surface area contributed by atoms with Crippen LogP contribution in [0.4, 0.5) is 18.4 Å². The Morgan fingerprint density at radius 2 is 1.09 bits per heavy atom. The largest absolute Gasteiger partial charge is 0.444 e. The number of nitriles is 2. The van der Waals surface area contributed by atoms with Crippen LogP contribution in [0.15, 0.2) is 0 Å². The second kappa shape index (κ2) is 11.3. The van der Waals surface area contributed by atoms with Crippen LogP contribution in [0.3, 0.4) is 0 Å². The van der Waals surface area contributed by atoms with Crippen LogP contribution >= 0.6 is 0 Å². The first-order valence-corrected chi connectivity index (χ1v) is 10.7. The van der Waals surface area contributed by atoms with Crippen molar-refractivity contribution in [3.05, 3.63) is 0 Å². The zero-order chi connectivity index (χ0) is 24.7. The molecule has 8 nitrogen and oxygen atoms in total. The second-order valence-electron chi connectivity index (χ2n) is 9.84. The van der Waals surface area contributed by atoms with Crippen LogP contribution < -0.4 is 0 Å². The van der Waals surface area contributed by atoms with E-state index in [0.29, 0.717) is 25.7 Å². The van der Waals surface area contributed by atoms with Gasteiger partial charge in [0.25, 0.3) is 0 Å². The first-order valence-electron chi connectivity index (χ1n) is 10.7. The van der Waals surface area contributed by atoms with Gasteiger partial charge >= 0.3 is 12.2 Å². The molecule has 0 aliphatic carbocycles. The SMILES string of the molecule is CC(C)(C)OC(=O)N1[C@@H](CF)CC[C@@H]1C#N.CC(C)(C)OC(=O)N1[C@@H](CF)CC[C@H]1C#N. The zero-order valence-electron chi connectivity index (χ0n) is 19.7. The number of carbonyl (C=O) groups excluding carboxylic acids is 2. The van der Waals surface area contributed by atoms with Crippen LogP contribution in [0.5, 0.6) is 0 Å². The third-order valence-electron chi connectivity index (χ3n) is 4.87. The lowest BCUT2D eigenvalue weighted by Crippen LogP contribution is -2.44. The van der Waals surface area contributed by atoms with Crippen LogP contribution in [-0.4, -0.2) is 70.7 Å². The molecule has 4 atom stereocenters. The van der Waals surface area contributed by atoms with E-state index in [9.17, 15) is 18.4 Å². The predicted molar refractivity (Wildman–Crippen MR) is 113 cm³/mol. The number of nitrogens with zero attached hydrogens (tertiary/aromatic N) is 4. The van der Waals surface area contributed by atoms with Crippen LogP contribution in [0, 0.1) is 22.7 Å². The van der Waals surface area contributed by atoms with E-state index >= 15 is 0 Å². The van der Waals surface area contributed by atoms with E-state index < -0.39 is 60.9 Å². The van der Waals surface area contributed by atoms with Gasteiger partial charge < -0.3 is 9.47 Å². The Labute approximate surface area is 189 Å². The normalized spacial score (nSPS) is 25.3. The summed E-state index contributed by atoms with van der Waals surface area (Å²) >= 11 is 0. The molecule has 32 heavy (non-hydrogen) atoms. The molecule has 10 heteroatoms. The molecular formula is C22H34F2N4O4. The number of carbonyl (C=O) groups is 2. The molecular weight excluding hydrogens is 422 g/mol. The molecule has 0 unspecified atom stereocenters. The van der Waals surface area contributed by atoms with Gasteiger partial charge in [0.05, 0.1) is 24.2 Å². The number of hydrogen-bond donors (Lipinski definition) is 0. The summed E-state index contributed by atoms with van der Waals surface area (Å²) in [4.78, 5) is 26.0. The Balaban J connectivity index is 0.000000320. The molecule has 0 bridgehead atoms. The van der Waals surface area contributed by atoms with Gasteiger partial charge in [-0.15, -0.1) is 0 Å². The van der Waals surface area contributed by atoms with E-state index in [0.717, 1.165) is 0 Å². The molecule has 0 spiro atoms. The number of alkyl halides is 2. The molecule has 0 saturated carbocycles. The molecule has 2 aliphatic heterocycles. The fourth-order valence-electron chi connectivity index (χ4n) is 3.50. The van der Waals surface area contributed by atoms with Crippen LogP contribution in [0.1, 0.15) is 67.2 Å². The molecule has 0 N–H and O–H groups in total. The van der Waals surface area contributed by atoms with Crippen LogP contribution in [0.2, 0.25) is 0 Å². The van der Waals surface area contributed by atoms with Crippen molar-refractivity contribution in [1.29, 1.82) is 10.5 Å². The summed E-state index contributed by atoms with van der Waals surface area (Å²) in [6, 6.07) is 1.86. The lowest BCUT2D eigenvalue weighted by atomic mass is 10.2. The third-order valence-corrected chi connectivity index (χ3v) is 4.87. The molecule has 2 rings (SSSR count). The van der Waals surface area contributed by atoms with Crippen molar-refractivity contribution >= 4 is 12.2 Å². The highest BCUT2D eigenvalue weighted by molar-refractivity contribution is 5.70. The maximum atomic E-state index is 12.7. The lowest BCUT2D eigenvalue weighted by Gasteiger charge is -2.29. The van der Waals surface area contributed by atoms with Gasteiger partial charge in [0.15, 0.2) is 0 Å².